The predicted molar refractivity (Wildman–Crippen MR) is 88.1 cm³/mol. The third kappa shape index (κ3) is 2.59. The number of aromatic amines is 2. The van der Waals surface area contributed by atoms with E-state index in [2.05, 4.69) is 31.2 Å². The second-order valence-corrected chi connectivity index (χ2v) is 6.37. The van der Waals surface area contributed by atoms with Crippen LogP contribution in [-0.4, -0.2) is 17.0 Å². The Labute approximate surface area is 132 Å². The van der Waals surface area contributed by atoms with Crippen molar-refractivity contribution in [2.75, 3.05) is 7.05 Å². The number of fused-ring (bicyclic) bond motifs is 1. The molecule has 21 heavy (non-hydrogen) atoms. The minimum absolute atomic E-state index is 0.0132. The maximum atomic E-state index is 11.4. The third-order valence-electron chi connectivity index (χ3n) is 3.28. The van der Waals surface area contributed by atoms with E-state index in [1.807, 2.05) is 30.6 Å². The molecule has 1 aromatic carbocycles. The number of H-pyrrole nitrogens is 2. The first kappa shape index (κ1) is 14.2. The van der Waals surface area contributed by atoms with Gasteiger partial charge in [-0.3, -0.25) is 9.59 Å². The quantitative estimate of drug-likeness (QED) is 0.623. The maximum absolute atomic E-state index is 11.4. The van der Waals surface area contributed by atoms with Gasteiger partial charge in [0, 0.05) is 9.35 Å². The molecule has 3 aromatic rings. The highest BCUT2D eigenvalue weighted by molar-refractivity contribution is 9.10. The SMILES string of the molecule is CNC(c1ccc2[nH]c(=O)c(=O)[nH]c2c1)c1sccc1Br. The number of thiophene rings is 1. The van der Waals surface area contributed by atoms with Crippen molar-refractivity contribution in [2.45, 2.75) is 6.04 Å². The highest BCUT2D eigenvalue weighted by Crippen LogP contribution is 2.33. The van der Waals surface area contributed by atoms with Crippen LogP contribution in [0.2, 0.25) is 0 Å². The van der Waals surface area contributed by atoms with Crippen molar-refractivity contribution in [1.82, 2.24) is 15.3 Å². The van der Waals surface area contributed by atoms with E-state index in [1.54, 1.807) is 17.4 Å². The molecule has 0 spiro atoms. The van der Waals surface area contributed by atoms with E-state index in [-0.39, 0.29) is 6.04 Å². The zero-order chi connectivity index (χ0) is 15.0. The lowest BCUT2D eigenvalue weighted by Gasteiger charge is -2.16. The molecule has 2 aromatic heterocycles. The van der Waals surface area contributed by atoms with Crippen LogP contribution in [-0.2, 0) is 0 Å². The highest BCUT2D eigenvalue weighted by Gasteiger charge is 2.17. The van der Waals surface area contributed by atoms with Gasteiger partial charge in [-0.2, -0.15) is 0 Å². The Morgan fingerprint density at radius 3 is 2.48 bits per heavy atom. The summed E-state index contributed by atoms with van der Waals surface area (Å²) in [5, 5.41) is 5.29. The number of hydrogen-bond donors (Lipinski definition) is 3. The van der Waals surface area contributed by atoms with E-state index < -0.39 is 11.1 Å². The Morgan fingerprint density at radius 2 is 1.86 bits per heavy atom. The molecule has 0 bridgehead atoms. The summed E-state index contributed by atoms with van der Waals surface area (Å²) in [5.74, 6) is 0. The van der Waals surface area contributed by atoms with Crippen molar-refractivity contribution in [3.63, 3.8) is 0 Å². The number of halogens is 1. The summed E-state index contributed by atoms with van der Waals surface area (Å²) in [6, 6.07) is 7.63. The van der Waals surface area contributed by atoms with Crippen molar-refractivity contribution in [1.29, 1.82) is 0 Å². The van der Waals surface area contributed by atoms with Gasteiger partial charge < -0.3 is 15.3 Å². The summed E-state index contributed by atoms with van der Waals surface area (Å²) in [4.78, 5) is 29.1. The van der Waals surface area contributed by atoms with Gasteiger partial charge in [0.05, 0.1) is 17.1 Å². The monoisotopic (exact) mass is 365 g/mol. The molecule has 3 rings (SSSR count). The van der Waals surface area contributed by atoms with Gasteiger partial charge in [0.15, 0.2) is 0 Å². The Bertz CT molecular complexity index is 912. The predicted octanol–water partition coefficient (Wildman–Crippen LogP) is 2.35. The molecule has 7 heteroatoms. The van der Waals surface area contributed by atoms with Crippen molar-refractivity contribution < 1.29 is 0 Å². The standard InChI is InChI=1S/C14H12BrN3O2S/c1-16-11(12-8(15)4-5-21-12)7-2-3-9-10(6-7)18-14(20)13(19)17-9/h2-6,11,16H,1H3,(H,17,19)(H,18,20). The fourth-order valence-corrected chi connectivity index (χ4v) is 4.01. The maximum Gasteiger partial charge on any atom is 0.314 e. The number of rotatable bonds is 3. The molecule has 0 aliphatic heterocycles. The van der Waals surface area contributed by atoms with Gasteiger partial charge in [-0.05, 0) is 52.1 Å². The molecule has 5 nitrogen and oxygen atoms in total. The molecule has 1 atom stereocenters. The minimum atomic E-state index is -0.641. The molecular formula is C14H12BrN3O2S. The number of nitrogens with one attached hydrogen (secondary N) is 3. The lowest BCUT2D eigenvalue weighted by Crippen LogP contribution is -2.29. The summed E-state index contributed by atoms with van der Waals surface area (Å²) >= 11 is 5.19. The van der Waals surface area contributed by atoms with E-state index in [0.717, 1.165) is 14.9 Å². The fourth-order valence-electron chi connectivity index (χ4n) is 2.27. The van der Waals surface area contributed by atoms with E-state index in [4.69, 9.17) is 0 Å². The Morgan fingerprint density at radius 1 is 1.14 bits per heavy atom. The summed E-state index contributed by atoms with van der Waals surface area (Å²) in [5.41, 5.74) is 0.962. The van der Waals surface area contributed by atoms with Crippen LogP contribution >= 0.6 is 27.3 Å². The van der Waals surface area contributed by atoms with Crippen LogP contribution in [0.5, 0.6) is 0 Å². The molecule has 108 valence electrons. The molecular weight excluding hydrogens is 354 g/mol. The lowest BCUT2D eigenvalue weighted by molar-refractivity contribution is 0.702. The average molecular weight is 366 g/mol. The number of hydrogen-bond acceptors (Lipinski definition) is 4. The van der Waals surface area contributed by atoms with Crippen LogP contribution in [0, 0.1) is 0 Å². The summed E-state index contributed by atoms with van der Waals surface area (Å²) in [6.45, 7) is 0. The zero-order valence-corrected chi connectivity index (χ0v) is 13.5. The van der Waals surface area contributed by atoms with Gasteiger partial charge in [-0.1, -0.05) is 6.07 Å². The summed E-state index contributed by atoms with van der Waals surface area (Å²) in [7, 11) is 1.89. The van der Waals surface area contributed by atoms with E-state index in [0.29, 0.717) is 11.0 Å². The molecule has 2 heterocycles. The smallest absolute Gasteiger partial charge is 0.314 e. The van der Waals surface area contributed by atoms with E-state index >= 15 is 0 Å². The van der Waals surface area contributed by atoms with Crippen LogP contribution in [0.3, 0.4) is 0 Å². The van der Waals surface area contributed by atoms with Gasteiger partial charge in [0.1, 0.15) is 0 Å². The largest absolute Gasteiger partial charge is 0.316 e. The van der Waals surface area contributed by atoms with E-state index in [9.17, 15) is 9.59 Å². The van der Waals surface area contributed by atoms with Gasteiger partial charge in [-0.15, -0.1) is 11.3 Å². The van der Waals surface area contributed by atoms with Crippen molar-refractivity contribution in [3.05, 3.63) is 65.3 Å². The topological polar surface area (TPSA) is 77.8 Å². The summed E-state index contributed by atoms with van der Waals surface area (Å²) < 4.78 is 1.04. The molecule has 0 aliphatic carbocycles. The van der Waals surface area contributed by atoms with Crippen LogP contribution in [0.4, 0.5) is 0 Å². The first-order valence-electron chi connectivity index (χ1n) is 6.26. The van der Waals surface area contributed by atoms with Gasteiger partial charge in [-0.25, -0.2) is 0 Å². The third-order valence-corrected chi connectivity index (χ3v) is 5.21. The second kappa shape index (κ2) is 5.59. The molecule has 1 unspecified atom stereocenters. The molecule has 0 aliphatic rings. The first-order valence-corrected chi connectivity index (χ1v) is 7.94. The first-order chi connectivity index (χ1) is 10.1. The van der Waals surface area contributed by atoms with Gasteiger partial charge >= 0.3 is 11.1 Å². The van der Waals surface area contributed by atoms with Crippen LogP contribution in [0.1, 0.15) is 16.5 Å². The van der Waals surface area contributed by atoms with Crippen LogP contribution in [0.15, 0.2) is 43.7 Å². The molecule has 3 N–H and O–H groups in total. The van der Waals surface area contributed by atoms with Crippen LogP contribution < -0.4 is 16.4 Å². The molecule has 0 radical (unpaired) electrons. The Kier molecular flexibility index (Phi) is 3.79. The van der Waals surface area contributed by atoms with Crippen LogP contribution in [0.25, 0.3) is 11.0 Å². The lowest BCUT2D eigenvalue weighted by atomic mass is 10.0. The summed E-state index contributed by atoms with van der Waals surface area (Å²) in [6.07, 6.45) is 0. The Hall–Kier alpha value is -1.70. The normalized spacial score (nSPS) is 12.7. The molecule has 0 fully saturated rings. The van der Waals surface area contributed by atoms with Crippen molar-refractivity contribution in [2.24, 2.45) is 0 Å². The van der Waals surface area contributed by atoms with Crippen molar-refractivity contribution in [3.8, 4) is 0 Å². The fraction of sp³-hybridized carbons (Fsp3) is 0.143. The second-order valence-electron chi connectivity index (χ2n) is 4.57. The number of benzene rings is 1. The molecule has 0 saturated heterocycles. The zero-order valence-electron chi connectivity index (χ0n) is 11.1. The highest BCUT2D eigenvalue weighted by atomic mass is 79.9. The van der Waals surface area contributed by atoms with Crippen molar-refractivity contribution >= 4 is 38.3 Å². The van der Waals surface area contributed by atoms with E-state index in [1.165, 1.54) is 0 Å². The van der Waals surface area contributed by atoms with Gasteiger partial charge in [0.2, 0.25) is 0 Å². The number of aromatic nitrogens is 2. The van der Waals surface area contributed by atoms with Gasteiger partial charge in [0.25, 0.3) is 0 Å². The molecule has 0 amide bonds. The Balaban J connectivity index is 2.15. The molecule has 0 saturated carbocycles. The average Bonchev–Trinajstić information content (AvgIpc) is 2.88. The minimum Gasteiger partial charge on any atom is -0.316 e.